The van der Waals surface area contributed by atoms with Crippen LogP contribution in [0.1, 0.15) is 72.9 Å². The molecule has 0 aliphatic carbocycles. The van der Waals surface area contributed by atoms with Gasteiger partial charge in [-0.15, -0.1) is 0 Å². The first-order valence-corrected chi connectivity index (χ1v) is 10.4. The molecule has 0 bridgehead atoms. The Bertz CT molecular complexity index is 719. The van der Waals surface area contributed by atoms with Gasteiger partial charge in [0, 0.05) is 25.1 Å². The van der Waals surface area contributed by atoms with Crippen molar-refractivity contribution in [2.75, 3.05) is 13.7 Å². The van der Waals surface area contributed by atoms with E-state index in [1.165, 1.54) is 12.0 Å². The molecule has 0 spiro atoms. The molecule has 1 aliphatic rings. The number of primary amides is 1. The van der Waals surface area contributed by atoms with Crippen molar-refractivity contribution in [3.05, 3.63) is 34.9 Å². The molecular formula is C22H32N2O5. The van der Waals surface area contributed by atoms with E-state index in [9.17, 15) is 14.4 Å². The monoisotopic (exact) mass is 404 g/mol. The first-order chi connectivity index (χ1) is 14.0. The number of rotatable bonds is 13. The summed E-state index contributed by atoms with van der Waals surface area (Å²) >= 11 is 0. The van der Waals surface area contributed by atoms with Crippen molar-refractivity contribution in [2.24, 2.45) is 5.73 Å². The molecule has 0 fully saturated rings. The summed E-state index contributed by atoms with van der Waals surface area (Å²) in [5, 5.41) is 8.81. The summed E-state index contributed by atoms with van der Waals surface area (Å²) in [4.78, 5) is 37.7. The molecule has 0 unspecified atom stereocenters. The lowest BCUT2D eigenvalue weighted by Crippen LogP contribution is -2.45. The van der Waals surface area contributed by atoms with Crippen LogP contribution in [0.15, 0.2) is 18.2 Å². The lowest BCUT2D eigenvalue weighted by atomic mass is 9.98. The Labute approximate surface area is 172 Å². The van der Waals surface area contributed by atoms with E-state index in [0.29, 0.717) is 12.1 Å². The van der Waals surface area contributed by atoms with E-state index in [0.717, 1.165) is 56.1 Å². The number of nitrogens with two attached hydrogens (primary N) is 1. The van der Waals surface area contributed by atoms with E-state index in [4.69, 9.17) is 10.8 Å². The molecule has 2 amide bonds. The van der Waals surface area contributed by atoms with Crippen LogP contribution in [0, 0.1) is 0 Å². The van der Waals surface area contributed by atoms with Crippen molar-refractivity contribution in [1.82, 2.24) is 4.90 Å². The number of hydrogen-bond donors (Lipinski definition) is 2. The Morgan fingerprint density at radius 3 is 2.52 bits per heavy atom. The van der Waals surface area contributed by atoms with Crippen LogP contribution in [0.25, 0.3) is 0 Å². The van der Waals surface area contributed by atoms with Crippen molar-refractivity contribution in [2.45, 2.75) is 70.4 Å². The number of unbranched alkanes of at least 4 members (excludes halogenated alkanes) is 5. The zero-order valence-corrected chi connectivity index (χ0v) is 17.2. The summed E-state index contributed by atoms with van der Waals surface area (Å²) in [5.74, 6) is -1.25. The molecule has 2 rings (SSSR count). The Hall–Kier alpha value is -2.41. The number of ether oxygens (including phenoxy) is 1. The van der Waals surface area contributed by atoms with E-state index in [1.54, 1.807) is 6.07 Å². The third kappa shape index (κ3) is 6.29. The third-order valence-corrected chi connectivity index (χ3v) is 5.50. The number of hydrogen-bond acceptors (Lipinski definition) is 5. The maximum absolute atomic E-state index is 12.9. The number of fused-ring (bicyclic) bond motifs is 1. The number of aliphatic hydroxyl groups excluding tert-OH is 1. The van der Waals surface area contributed by atoms with Gasteiger partial charge in [0.05, 0.1) is 7.11 Å². The van der Waals surface area contributed by atoms with Crippen molar-refractivity contribution in [1.29, 1.82) is 0 Å². The summed E-state index contributed by atoms with van der Waals surface area (Å²) in [7, 11) is 1.29. The largest absolute Gasteiger partial charge is 0.469 e. The van der Waals surface area contributed by atoms with E-state index in [2.05, 4.69) is 4.74 Å². The van der Waals surface area contributed by atoms with E-state index >= 15 is 0 Å². The molecule has 160 valence electrons. The highest BCUT2D eigenvalue weighted by atomic mass is 16.5. The van der Waals surface area contributed by atoms with Gasteiger partial charge < -0.3 is 20.5 Å². The summed E-state index contributed by atoms with van der Waals surface area (Å²) in [5.41, 5.74) is 8.24. The molecule has 1 aromatic rings. The Morgan fingerprint density at radius 2 is 1.86 bits per heavy atom. The standard InChI is InChI=1S/C22H32N2O5/c1-29-20(26)13-12-19(21(23)27)24-15-18-16(10-8-11-17(18)22(24)28)9-6-4-2-3-5-7-14-25/h8,10-11,19,25H,2-7,9,12-15H2,1H3,(H2,23,27)/t19-/m0/s1. The van der Waals surface area contributed by atoms with Crippen molar-refractivity contribution < 1.29 is 24.2 Å². The van der Waals surface area contributed by atoms with Gasteiger partial charge in [0.2, 0.25) is 5.91 Å². The Balaban J connectivity index is 1.99. The number of methoxy groups -OCH3 is 1. The maximum Gasteiger partial charge on any atom is 0.305 e. The van der Waals surface area contributed by atoms with Crippen LogP contribution < -0.4 is 5.73 Å². The molecule has 1 atom stereocenters. The summed E-state index contributed by atoms with van der Waals surface area (Å²) in [6.07, 6.45) is 7.40. The smallest absolute Gasteiger partial charge is 0.305 e. The van der Waals surface area contributed by atoms with Gasteiger partial charge in [-0.2, -0.15) is 0 Å². The highest BCUT2D eigenvalue weighted by molar-refractivity contribution is 6.01. The van der Waals surface area contributed by atoms with Crippen LogP contribution in [0.3, 0.4) is 0 Å². The molecule has 7 nitrogen and oxygen atoms in total. The number of nitrogens with zero attached hydrogens (tertiary/aromatic N) is 1. The zero-order valence-electron chi connectivity index (χ0n) is 17.2. The SMILES string of the molecule is COC(=O)CC[C@@H](C(N)=O)N1Cc2c(CCCCCCCCO)cccc2C1=O. The minimum atomic E-state index is -0.826. The maximum atomic E-state index is 12.9. The van der Waals surface area contributed by atoms with Crippen LogP contribution in [0.4, 0.5) is 0 Å². The predicted octanol–water partition coefficient (Wildman–Crippen LogP) is 2.32. The molecule has 1 heterocycles. The second-order valence-corrected chi connectivity index (χ2v) is 7.50. The second kappa shape index (κ2) is 11.6. The summed E-state index contributed by atoms with van der Waals surface area (Å²) in [6.45, 7) is 0.599. The van der Waals surface area contributed by atoms with E-state index < -0.39 is 17.9 Å². The number of carbonyl (C=O) groups is 3. The highest BCUT2D eigenvalue weighted by Crippen LogP contribution is 2.30. The van der Waals surface area contributed by atoms with Crippen LogP contribution in [0.5, 0.6) is 0 Å². The van der Waals surface area contributed by atoms with E-state index in [1.807, 2.05) is 12.1 Å². The fraction of sp³-hybridized carbons (Fsp3) is 0.591. The average Bonchev–Trinajstić information content (AvgIpc) is 3.04. The van der Waals surface area contributed by atoms with Gasteiger partial charge in [0.25, 0.3) is 5.91 Å². The molecule has 29 heavy (non-hydrogen) atoms. The number of carbonyl (C=O) groups excluding carboxylic acids is 3. The fourth-order valence-electron chi connectivity index (χ4n) is 3.85. The minimum Gasteiger partial charge on any atom is -0.469 e. The molecule has 0 aromatic heterocycles. The number of amides is 2. The summed E-state index contributed by atoms with van der Waals surface area (Å²) < 4.78 is 4.63. The number of benzene rings is 1. The van der Waals surface area contributed by atoms with Gasteiger partial charge in [-0.25, -0.2) is 0 Å². The van der Waals surface area contributed by atoms with Gasteiger partial charge >= 0.3 is 5.97 Å². The van der Waals surface area contributed by atoms with Crippen LogP contribution in [-0.4, -0.2) is 47.5 Å². The van der Waals surface area contributed by atoms with Gasteiger partial charge in [0.1, 0.15) is 6.04 Å². The minimum absolute atomic E-state index is 0.0351. The number of esters is 1. The van der Waals surface area contributed by atoms with Gasteiger partial charge in [0.15, 0.2) is 0 Å². The first-order valence-electron chi connectivity index (χ1n) is 10.4. The average molecular weight is 405 g/mol. The van der Waals surface area contributed by atoms with Crippen molar-refractivity contribution >= 4 is 17.8 Å². The van der Waals surface area contributed by atoms with Crippen molar-refractivity contribution in [3.8, 4) is 0 Å². The Kier molecular flexibility index (Phi) is 9.12. The molecule has 0 radical (unpaired) electrons. The normalized spacial score (nSPS) is 14.0. The molecule has 0 saturated heterocycles. The lowest BCUT2D eigenvalue weighted by molar-refractivity contribution is -0.141. The van der Waals surface area contributed by atoms with Crippen LogP contribution in [-0.2, 0) is 27.3 Å². The zero-order chi connectivity index (χ0) is 21.2. The molecule has 0 saturated carbocycles. The highest BCUT2D eigenvalue weighted by Gasteiger charge is 2.36. The first kappa shape index (κ1) is 22.9. The molecule has 1 aliphatic heterocycles. The van der Waals surface area contributed by atoms with Gasteiger partial charge in [-0.05, 0) is 42.9 Å². The topological polar surface area (TPSA) is 110 Å². The van der Waals surface area contributed by atoms with Crippen molar-refractivity contribution in [3.63, 3.8) is 0 Å². The van der Waals surface area contributed by atoms with Crippen LogP contribution in [0.2, 0.25) is 0 Å². The second-order valence-electron chi connectivity index (χ2n) is 7.50. The fourth-order valence-corrected chi connectivity index (χ4v) is 3.85. The van der Waals surface area contributed by atoms with Gasteiger partial charge in [-0.1, -0.05) is 37.8 Å². The van der Waals surface area contributed by atoms with Gasteiger partial charge in [-0.3, -0.25) is 14.4 Å². The Morgan fingerprint density at radius 1 is 1.17 bits per heavy atom. The molecule has 1 aromatic carbocycles. The quantitative estimate of drug-likeness (QED) is 0.387. The predicted molar refractivity (Wildman–Crippen MR) is 109 cm³/mol. The third-order valence-electron chi connectivity index (χ3n) is 5.50. The van der Waals surface area contributed by atoms with Crippen LogP contribution >= 0.6 is 0 Å². The molecule has 3 N–H and O–H groups in total. The molecule has 7 heteroatoms. The number of aryl methyl sites for hydroxylation is 1. The molecular weight excluding hydrogens is 372 g/mol. The summed E-state index contributed by atoms with van der Waals surface area (Å²) in [6, 6.07) is 4.88. The lowest BCUT2D eigenvalue weighted by Gasteiger charge is -2.24. The van der Waals surface area contributed by atoms with E-state index in [-0.39, 0.29) is 25.4 Å². The number of aliphatic hydroxyl groups is 1.